The van der Waals surface area contributed by atoms with Gasteiger partial charge in [0.15, 0.2) is 11.5 Å². The fourth-order valence-electron chi connectivity index (χ4n) is 2.50. The minimum Gasteiger partial charge on any atom is -0.490 e. The second kappa shape index (κ2) is 15.5. The Morgan fingerprint density at radius 2 is 1.20 bits per heavy atom. The van der Waals surface area contributed by atoms with Crippen LogP contribution in [0.5, 0.6) is 23.0 Å². The molecule has 0 aliphatic carbocycles. The third-order valence-corrected chi connectivity index (χ3v) is 3.85. The van der Waals surface area contributed by atoms with E-state index in [1.807, 2.05) is 40.7 Å². The molecule has 0 fully saturated rings. The summed E-state index contributed by atoms with van der Waals surface area (Å²) in [6.07, 6.45) is 7.27. The summed E-state index contributed by atoms with van der Waals surface area (Å²) in [5.74, 6) is 1.82. The first-order chi connectivity index (χ1) is 14.6. The fraction of sp³-hybridized carbons (Fsp3) is 0.625. The Morgan fingerprint density at radius 3 is 1.77 bits per heavy atom. The molecule has 1 aromatic rings. The first kappa shape index (κ1) is 25.7. The quantitative estimate of drug-likeness (QED) is 0.247. The molecule has 30 heavy (non-hydrogen) atoms. The van der Waals surface area contributed by atoms with E-state index in [1.54, 1.807) is 6.08 Å². The van der Waals surface area contributed by atoms with Gasteiger partial charge in [0.1, 0.15) is 0 Å². The minimum absolute atomic E-state index is 0.391. The smallest absolute Gasteiger partial charge is 0.330 e. The number of carbonyl (C=O) groups is 1. The van der Waals surface area contributed by atoms with Crippen molar-refractivity contribution in [3.8, 4) is 23.0 Å². The Hall–Kier alpha value is -2.37. The van der Waals surface area contributed by atoms with Crippen LogP contribution in [-0.2, 0) is 9.53 Å². The van der Waals surface area contributed by atoms with Gasteiger partial charge in [-0.2, -0.15) is 0 Å². The van der Waals surface area contributed by atoms with Gasteiger partial charge in [0, 0.05) is 11.6 Å². The van der Waals surface area contributed by atoms with Crippen molar-refractivity contribution in [1.29, 1.82) is 0 Å². The third kappa shape index (κ3) is 8.56. The van der Waals surface area contributed by atoms with Gasteiger partial charge >= 0.3 is 5.97 Å². The van der Waals surface area contributed by atoms with E-state index in [-0.39, 0.29) is 0 Å². The lowest BCUT2D eigenvalue weighted by atomic mass is 10.1. The molecule has 1 rings (SSSR count). The summed E-state index contributed by atoms with van der Waals surface area (Å²) < 4.78 is 29.2. The van der Waals surface area contributed by atoms with E-state index >= 15 is 0 Å². The van der Waals surface area contributed by atoms with E-state index < -0.39 is 5.97 Å². The second-order valence-electron chi connectivity index (χ2n) is 6.85. The van der Waals surface area contributed by atoms with E-state index in [0.717, 1.165) is 32.1 Å². The summed E-state index contributed by atoms with van der Waals surface area (Å²) in [5, 5.41) is 0. The van der Waals surface area contributed by atoms with Gasteiger partial charge in [0.25, 0.3) is 0 Å². The number of hydrogen-bond donors (Lipinski definition) is 0. The van der Waals surface area contributed by atoms with Crippen LogP contribution in [0.15, 0.2) is 12.1 Å². The lowest BCUT2D eigenvalue weighted by molar-refractivity contribution is -0.137. The van der Waals surface area contributed by atoms with Gasteiger partial charge in [-0.05, 0) is 44.2 Å². The number of rotatable bonds is 16. The Balaban J connectivity index is 3.48. The molecule has 6 heteroatoms. The predicted octanol–water partition coefficient (Wildman–Crippen LogP) is 5.81. The maximum atomic E-state index is 12.0. The largest absolute Gasteiger partial charge is 0.490 e. The highest BCUT2D eigenvalue weighted by Crippen LogP contribution is 2.48. The maximum absolute atomic E-state index is 12.0. The van der Waals surface area contributed by atoms with Crippen LogP contribution in [0.1, 0.15) is 72.3 Å². The topological polar surface area (TPSA) is 63.2 Å². The van der Waals surface area contributed by atoms with Crippen LogP contribution in [0, 0.1) is 0 Å². The summed E-state index contributed by atoms with van der Waals surface area (Å²) in [6.45, 7) is 12.6. The number of ether oxygens (including phenoxy) is 5. The zero-order valence-corrected chi connectivity index (χ0v) is 19.3. The average molecular weight is 423 g/mol. The molecule has 0 saturated carbocycles. The zero-order valence-electron chi connectivity index (χ0n) is 19.3. The van der Waals surface area contributed by atoms with E-state index in [0.29, 0.717) is 61.6 Å². The van der Waals surface area contributed by atoms with E-state index in [4.69, 9.17) is 23.7 Å². The molecule has 0 aromatic heterocycles. The summed E-state index contributed by atoms with van der Waals surface area (Å²) in [6, 6.07) is 1.84. The molecule has 1 aromatic carbocycles. The van der Waals surface area contributed by atoms with Crippen molar-refractivity contribution in [2.75, 3.05) is 33.0 Å². The van der Waals surface area contributed by atoms with Crippen LogP contribution in [0.2, 0.25) is 0 Å². The summed E-state index contributed by atoms with van der Waals surface area (Å²) in [4.78, 5) is 12.0. The van der Waals surface area contributed by atoms with E-state index in [2.05, 4.69) is 0 Å². The SMILES string of the molecule is CCCOC(=O)C=Cc1cc(OCCC)c(OCCC)c(OCCC)c1OCCC. The van der Waals surface area contributed by atoms with Gasteiger partial charge < -0.3 is 23.7 Å². The Bertz CT molecular complexity index is 654. The van der Waals surface area contributed by atoms with Crippen molar-refractivity contribution < 1.29 is 28.5 Å². The lowest BCUT2D eigenvalue weighted by Gasteiger charge is -2.21. The molecule has 0 unspecified atom stereocenters. The number of benzene rings is 1. The maximum Gasteiger partial charge on any atom is 0.330 e. The monoisotopic (exact) mass is 422 g/mol. The van der Waals surface area contributed by atoms with Gasteiger partial charge in [-0.3, -0.25) is 0 Å². The standard InChI is InChI=1S/C24H38O6/c1-6-13-26-20-18-19(11-12-21(25)27-14-7-2)22(28-15-8-3)24(30-17-10-5)23(20)29-16-9-4/h11-12,18H,6-10,13-17H2,1-5H3. The van der Waals surface area contributed by atoms with E-state index in [1.165, 1.54) is 6.08 Å². The van der Waals surface area contributed by atoms with Crippen molar-refractivity contribution in [3.05, 3.63) is 17.7 Å². The van der Waals surface area contributed by atoms with Crippen LogP contribution < -0.4 is 18.9 Å². The Labute approximate surface area is 181 Å². The first-order valence-corrected chi connectivity index (χ1v) is 11.2. The molecule has 0 aliphatic heterocycles. The molecular weight excluding hydrogens is 384 g/mol. The molecule has 0 heterocycles. The van der Waals surface area contributed by atoms with Gasteiger partial charge in [0.05, 0.1) is 33.0 Å². The van der Waals surface area contributed by atoms with Crippen molar-refractivity contribution in [1.82, 2.24) is 0 Å². The Morgan fingerprint density at radius 1 is 0.700 bits per heavy atom. The van der Waals surface area contributed by atoms with Crippen molar-refractivity contribution >= 4 is 12.0 Å². The van der Waals surface area contributed by atoms with Gasteiger partial charge in [-0.1, -0.05) is 34.6 Å². The number of hydrogen-bond acceptors (Lipinski definition) is 6. The van der Waals surface area contributed by atoms with Gasteiger partial charge in [-0.15, -0.1) is 0 Å². The second-order valence-corrected chi connectivity index (χ2v) is 6.85. The van der Waals surface area contributed by atoms with Gasteiger partial charge in [-0.25, -0.2) is 4.79 Å². The highest BCUT2D eigenvalue weighted by atomic mass is 16.6. The highest BCUT2D eigenvalue weighted by Gasteiger charge is 2.23. The number of esters is 1. The average Bonchev–Trinajstić information content (AvgIpc) is 2.76. The lowest BCUT2D eigenvalue weighted by Crippen LogP contribution is -2.09. The molecule has 0 spiro atoms. The first-order valence-electron chi connectivity index (χ1n) is 11.2. The van der Waals surface area contributed by atoms with Crippen LogP contribution in [0.4, 0.5) is 0 Å². The zero-order chi connectivity index (χ0) is 22.2. The molecule has 170 valence electrons. The van der Waals surface area contributed by atoms with Crippen LogP contribution in [-0.4, -0.2) is 39.0 Å². The molecular formula is C24H38O6. The summed E-state index contributed by atoms with van der Waals surface area (Å²) in [5.41, 5.74) is 0.693. The predicted molar refractivity (Wildman–Crippen MR) is 120 cm³/mol. The minimum atomic E-state index is -0.392. The molecule has 0 radical (unpaired) electrons. The highest BCUT2D eigenvalue weighted by molar-refractivity contribution is 5.88. The van der Waals surface area contributed by atoms with E-state index in [9.17, 15) is 4.79 Å². The van der Waals surface area contributed by atoms with Crippen molar-refractivity contribution in [2.45, 2.75) is 66.7 Å². The molecule has 0 bridgehead atoms. The van der Waals surface area contributed by atoms with Crippen molar-refractivity contribution in [2.24, 2.45) is 0 Å². The molecule has 6 nitrogen and oxygen atoms in total. The molecule has 0 amide bonds. The summed E-state index contributed by atoms with van der Waals surface area (Å²) >= 11 is 0. The summed E-state index contributed by atoms with van der Waals surface area (Å²) in [7, 11) is 0. The molecule has 0 aliphatic rings. The number of carbonyl (C=O) groups excluding carboxylic acids is 1. The third-order valence-electron chi connectivity index (χ3n) is 3.85. The molecule has 0 saturated heterocycles. The molecule has 0 atom stereocenters. The fourth-order valence-corrected chi connectivity index (χ4v) is 2.50. The van der Waals surface area contributed by atoms with Crippen LogP contribution in [0.3, 0.4) is 0 Å². The van der Waals surface area contributed by atoms with Crippen LogP contribution >= 0.6 is 0 Å². The van der Waals surface area contributed by atoms with Crippen LogP contribution in [0.25, 0.3) is 6.08 Å². The van der Waals surface area contributed by atoms with Gasteiger partial charge in [0.2, 0.25) is 11.5 Å². The Kier molecular flexibility index (Phi) is 13.2. The normalized spacial score (nSPS) is 10.8. The molecule has 0 N–H and O–H groups in total. The van der Waals surface area contributed by atoms with Crippen molar-refractivity contribution in [3.63, 3.8) is 0 Å².